The van der Waals surface area contributed by atoms with Crippen LogP contribution >= 0.6 is 15.9 Å². The highest BCUT2D eigenvalue weighted by atomic mass is 79.9. The molecule has 4 aromatic carbocycles. The molecule has 0 atom stereocenters. The third-order valence-electron chi connectivity index (χ3n) is 4.90. The van der Waals surface area contributed by atoms with Crippen molar-refractivity contribution in [1.82, 2.24) is 0 Å². The lowest BCUT2D eigenvalue weighted by Crippen LogP contribution is -1.91. The number of nitrogens with one attached hydrogen (secondary N) is 1. The molecule has 5 rings (SSSR count). The van der Waals surface area contributed by atoms with Gasteiger partial charge in [-0.1, -0.05) is 82.7 Å². The first kappa shape index (κ1) is 15.4. The van der Waals surface area contributed by atoms with Crippen molar-refractivity contribution in [3.05, 3.63) is 95.5 Å². The Morgan fingerprint density at radius 2 is 1.08 bits per heavy atom. The van der Waals surface area contributed by atoms with Crippen LogP contribution in [-0.4, -0.2) is 0 Å². The van der Waals surface area contributed by atoms with E-state index in [0.29, 0.717) is 0 Å². The molecule has 4 aromatic rings. The second-order valence-electron chi connectivity index (χ2n) is 6.45. The number of benzene rings is 4. The molecular weight excluding hydrogens is 382 g/mol. The van der Waals surface area contributed by atoms with E-state index >= 15 is 0 Å². The number of rotatable bonds is 1. The molecule has 1 N–H and O–H groups in total. The summed E-state index contributed by atoms with van der Waals surface area (Å²) in [5.41, 5.74) is 9.77. The standard InChI is InChI=1S/C24H16BrN/c25-17-14-12-16(13-15-17)18-8-5-9-20-19-6-1-3-10-22(19)26-23-11-4-2-7-21(23)24(18)20/h1-15,26H. The summed E-state index contributed by atoms with van der Waals surface area (Å²) in [6.45, 7) is 0. The summed E-state index contributed by atoms with van der Waals surface area (Å²) in [6.07, 6.45) is 0. The van der Waals surface area contributed by atoms with Crippen LogP contribution in [0.25, 0.3) is 33.4 Å². The number of anilines is 2. The van der Waals surface area contributed by atoms with Gasteiger partial charge >= 0.3 is 0 Å². The van der Waals surface area contributed by atoms with Crippen LogP contribution in [0.5, 0.6) is 0 Å². The van der Waals surface area contributed by atoms with E-state index in [4.69, 9.17) is 0 Å². The van der Waals surface area contributed by atoms with Gasteiger partial charge in [0.15, 0.2) is 0 Å². The van der Waals surface area contributed by atoms with Gasteiger partial charge in [-0.25, -0.2) is 0 Å². The largest absolute Gasteiger partial charge is 0.355 e. The van der Waals surface area contributed by atoms with Gasteiger partial charge in [0.05, 0.1) is 0 Å². The summed E-state index contributed by atoms with van der Waals surface area (Å²) in [5.74, 6) is 0. The Morgan fingerprint density at radius 3 is 1.85 bits per heavy atom. The highest BCUT2D eigenvalue weighted by molar-refractivity contribution is 9.10. The fourth-order valence-electron chi connectivity index (χ4n) is 3.72. The van der Waals surface area contributed by atoms with Crippen molar-refractivity contribution in [2.45, 2.75) is 0 Å². The van der Waals surface area contributed by atoms with Gasteiger partial charge in [-0.3, -0.25) is 0 Å². The van der Waals surface area contributed by atoms with Gasteiger partial charge < -0.3 is 5.32 Å². The molecule has 0 saturated heterocycles. The second-order valence-corrected chi connectivity index (χ2v) is 7.37. The zero-order chi connectivity index (χ0) is 17.5. The molecule has 0 unspecified atom stereocenters. The van der Waals surface area contributed by atoms with Gasteiger partial charge in [0.1, 0.15) is 0 Å². The molecule has 0 radical (unpaired) electrons. The van der Waals surface area contributed by atoms with Crippen LogP contribution in [-0.2, 0) is 0 Å². The van der Waals surface area contributed by atoms with Crippen molar-refractivity contribution in [2.75, 3.05) is 5.32 Å². The lowest BCUT2D eigenvalue weighted by molar-refractivity contribution is 1.57. The Morgan fingerprint density at radius 1 is 0.500 bits per heavy atom. The van der Waals surface area contributed by atoms with Gasteiger partial charge in [-0.05, 0) is 46.5 Å². The first-order valence-corrected chi connectivity index (χ1v) is 9.45. The Balaban J connectivity index is 1.88. The van der Waals surface area contributed by atoms with Gasteiger partial charge in [-0.2, -0.15) is 0 Å². The summed E-state index contributed by atoms with van der Waals surface area (Å²) < 4.78 is 1.09. The molecule has 0 saturated carbocycles. The van der Waals surface area contributed by atoms with Crippen molar-refractivity contribution < 1.29 is 0 Å². The Bertz CT molecular complexity index is 1110. The number of fused-ring (bicyclic) bond motifs is 5. The zero-order valence-corrected chi connectivity index (χ0v) is 15.6. The van der Waals surface area contributed by atoms with Crippen molar-refractivity contribution in [1.29, 1.82) is 0 Å². The van der Waals surface area contributed by atoms with Crippen LogP contribution < -0.4 is 5.32 Å². The molecule has 26 heavy (non-hydrogen) atoms. The fraction of sp³-hybridized carbons (Fsp3) is 0. The Kier molecular flexibility index (Phi) is 3.65. The van der Waals surface area contributed by atoms with E-state index in [0.717, 1.165) is 15.8 Å². The molecule has 0 aliphatic carbocycles. The average Bonchev–Trinajstić information content (AvgIpc) is 2.83. The lowest BCUT2D eigenvalue weighted by atomic mass is 9.88. The normalized spacial score (nSPS) is 11.6. The summed E-state index contributed by atoms with van der Waals surface area (Å²) in [4.78, 5) is 0. The topological polar surface area (TPSA) is 12.0 Å². The minimum Gasteiger partial charge on any atom is -0.355 e. The highest BCUT2D eigenvalue weighted by Gasteiger charge is 2.21. The van der Waals surface area contributed by atoms with E-state index in [1.165, 1.54) is 33.4 Å². The molecule has 1 aliphatic rings. The first-order valence-electron chi connectivity index (χ1n) is 8.66. The SMILES string of the molecule is Brc1ccc(-c2cccc3c2-c2ccccc2Nc2ccccc2-3)cc1. The van der Waals surface area contributed by atoms with Crippen molar-refractivity contribution in [3.63, 3.8) is 0 Å². The minimum atomic E-state index is 1.09. The molecule has 2 heteroatoms. The van der Waals surface area contributed by atoms with Gasteiger partial charge in [-0.15, -0.1) is 0 Å². The summed E-state index contributed by atoms with van der Waals surface area (Å²) in [5, 5.41) is 3.63. The Hall–Kier alpha value is -2.84. The molecule has 0 amide bonds. The van der Waals surface area contributed by atoms with Crippen LogP contribution in [0.15, 0.2) is 95.5 Å². The van der Waals surface area contributed by atoms with Crippen LogP contribution in [0.4, 0.5) is 11.4 Å². The van der Waals surface area contributed by atoms with Crippen LogP contribution in [0.2, 0.25) is 0 Å². The lowest BCUT2D eigenvalue weighted by Gasteiger charge is -2.15. The van der Waals surface area contributed by atoms with E-state index < -0.39 is 0 Å². The third kappa shape index (κ3) is 2.46. The van der Waals surface area contributed by atoms with E-state index in [1.807, 2.05) is 0 Å². The number of hydrogen-bond acceptors (Lipinski definition) is 1. The van der Waals surface area contributed by atoms with E-state index in [-0.39, 0.29) is 0 Å². The third-order valence-corrected chi connectivity index (χ3v) is 5.43. The molecule has 0 bridgehead atoms. The number of para-hydroxylation sites is 2. The average molecular weight is 398 g/mol. The molecule has 0 aromatic heterocycles. The van der Waals surface area contributed by atoms with Crippen molar-refractivity contribution >= 4 is 27.3 Å². The van der Waals surface area contributed by atoms with Crippen LogP contribution in [0.1, 0.15) is 0 Å². The monoisotopic (exact) mass is 397 g/mol. The summed E-state index contributed by atoms with van der Waals surface area (Å²) in [6, 6.07) is 32.2. The highest BCUT2D eigenvalue weighted by Crippen LogP contribution is 2.48. The van der Waals surface area contributed by atoms with Crippen LogP contribution in [0.3, 0.4) is 0 Å². The molecule has 124 valence electrons. The molecule has 0 fully saturated rings. The maximum absolute atomic E-state index is 3.63. The van der Waals surface area contributed by atoms with Gasteiger partial charge in [0.25, 0.3) is 0 Å². The van der Waals surface area contributed by atoms with Gasteiger partial charge in [0.2, 0.25) is 0 Å². The molecular formula is C24H16BrN. The Labute approximate surface area is 161 Å². The predicted molar refractivity (Wildman–Crippen MR) is 114 cm³/mol. The van der Waals surface area contributed by atoms with Crippen LogP contribution in [0, 0.1) is 0 Å². The quantitative estimate of drug-likeness (QED) is 0.308. The number of halogens is 1. The minimum absolute atomic E-state index is 1.09. The molecule has 1 heterocycles. The van der Waals surface area contributed by atoms with Crippen molar-refractivity contribution in [3.8, 4) is 33.4 Å². The molecule has 1 nitrogen and oxygen atoms in total. The van der Waals surface area contributed by atoms with Crippen molar-refractivity contribution in [2.24, 2.45) is 0 Å². The fourth-order valence-corrected chi connectivity index (χ4v) is 3.98. The number of hydrogen-bond donors (Lipinski definition) is 1. The van der Waals surface area contributed by atoms with E-state index in [9.17, 15) is 0 Å². The molecule has 1 aliphatic heterocycles. The second kappa shape index (κ2) is 6.15. The zero-order valence-electron chi connectivity index (χ0n) is 14.0. The molecule has 0 spiro atoms. The smallest absolute Gasteiger partial charge is 0.0464 e. The maximum atomic E-state index is 3.63. The summed E-state index contributed by atoms with van der Waals surface area (Å²) >= 11 is 3.54. The predicted octanol–water partition coefficient (Wildman–Crippen LogP) is 7.51. The van der Waals surface area contributed by atoms with Gasteiger partial charge in [0, 0.05) is 27.0 Å². The maximum Gasteiger partial charge on any atom is 0.0464 e. The van der Waals surface area contributed by atoms with E-state index in [2.05, 4.69) is 112 Å². The first-order chi connectivity index (χ1) is 12.8. The van der Waals surface area contributed by atoms with E-state index in [1.54, 1.807) is 0 Å². The summed E-state index contributed by atoms with van der Waals surface area (Å²) in [7, 11) is 0.